The SMILES string of the molecule is CC(C)Sc1ccccc1C(=O)NCCOc1ccc(C(C)(C)C)cc1. The van der Waals surface area contributed by atoms with E-state index in [1.54, 1.807) is 11.8 Å². The number of hydrogen-bond acceptors (Lipinski definition) is 3. The average Bonchev–Trinajstić information content (AvgIpc) is 2.58. The molecule has 0 atom stereocenters. The first kappa shape index (κ1) is 20.4. The van der Waals surface area contributed by atoms with Crippen LogP contribution in [0.4, 0.5) is 0 Å². The van der Waals surface area contributed by atoms with Crippen molar-refractivity contribution in [3.05, 3.63) is 59.7 Å². The number of thioether (sulfide) groups is 1. The lowest BCUT2D eigenvalue weighted by atomic mass is 9.87. The minimum Gasteiger partial charge on any atom is -0.492 e. The Morgan fingerprint density at radius 1 is 1.08 bits per heavy atom. The van der Waals surface area contributed by atoms with Crippen molar-refractivity contribution in [3.63, 3.8) is 0 Å². The molecule has 140 valence electrons. The third-order valence-corrected chi connectivity index (χ3v) is 4.95. The van der Waals surface area contributed by atoms with Crippen molar-refractivity contribution in [1.82, 2.24) is 5.32 Å². The molecule has 0 radical (unpaired) electrons. The number of nitrogens with one attached hydrogen (secondary N) is 1. The van der Waals surface area contributed by atoms with E-state index >= 15 is 0 Å². The van der Waals surface area contributed by atoms with Gasteiger partial charge in [-0.25, -0.2) is 0 Å². The number of carbonyl (C=O) groups excluding carboxylic acids is 1. The van der Waals surface area contributed by atoms with Gasteiger partial charge in [-0.05, 0) is 35.2 Å². The fraction of sp³-hybridized carbons (Fsp3) is 0.409. The second kappa shape index (κ2) is 9.13. The lowest BCUT2D eigenvalue weighted by molar-refractivity contribution is 0.0944. The van der Waals surface area contributed by atoms with Crippen molar-refractivity contribution in [2.75, 3.05) is 13.2 Å². The Hall–Kier alpha value is -1.94. The van der Waals surface area contributed by atoms with Crippen LogP contribution in [0.2, 0.25) is 0 Å². The molecule has 0 heterocycles. The molecule has 0 fully saturated rings. The summed E-state index contributed by atoms with van der Waals surface area (Å²) in [6.45, 7) is 11.7. The molecule has 0 aliphatic rings. The van der Waals surface area contributed by atoms with E-state index < -0.39 is 0 Å². The maximum Gasteiger partial charge on any atom is 0.252 e. The van der Waals surface area contributed by atoms with Crippen LogP contribution in [0.1, 0.15) is 50.5 Å². The Labute approximate surface area is 161 Å². The highest BCUT2D eigenvalue weighted by Gasteiger charge is 2.13. The lowest BCUT2D eigenvalue weighted by Crippen LogP contribution is -2.28. The molecule has 4 heteroatoms. The molecule has 0 spiro atoms. The van der Waals surface area contributed by atoms with Gasteiger partial charge in [0.15, 0.2) is 0 Å². The van der Waals surface area contributed by atoms with Gasteiger partial charge in [0.05, 0.1) is 12.1 Å². The van der Waals surface area contributed by atoms with Crippen LogP contribution in [0.5, 0.6) is 5.75 Å². The summed E-state index contributed by atoms with van der Waals surface area (Å²) in [7, 11) is 0. The van der Waals surface area contributed by atoms with Gasteiger partial charge in [-0.2, -0.15) is 0 Å². The van der Waals surface area contributed by atoms with Gasteiger partial charge in [0, 0.05) is 10.1 Å². The van der Waals surface area contributed by atoms with E-state index in [2.05, 4.69) is 52.1 Å². The molecule has 0 bridgehead atoms. The van der Waals surface area contributed by atoms with E-state index in [0.29, 0.717) is 18.4 Å². The van der Waals surface area contributed by atoms with Crippen molar-refractivity contribution < 1.29 is 9.53 Å². The van der Waals surface area contributed by atoms with Gasteiger partial charge in [-0.15, -0.1) is 11.8 Å². The first-order chi connectivity index (χ1) is 12.3. The minimum atomic E-state index is -0.0552. The molecule has 0 aliphatic carbocycles. The molecule has 2 aromatic carbocycles. The molecule has 0 saturated carbocycles. The molecular formula is C22H29NO2S. The highest BCUT2D eigenvalue weighted by Crippen LogP contribution is 2.26. The molecule has 2 rings (SSSR count). The summed E-state index contributed by atoms with van der Waals surface area (Å²) in [5.74, 6) is 0.767. The Kier molecular flexibility index (Phi) is 7.15. The van der Waals surface area contributed by atoms with E-state index in [-0.39, 0.29) is 11.3 Å². The molecule has 1 N–H and O–H groups in total. The number of rotatable bonds is 7. The smallest absolute Gasteiger partial charge is 0.252 e. The van der Waals surface area contributed by atoms with Crippen molar-refractivity contribution in [3.8, 4) is 5.75 Å². The van der Waals surface area contributed by atoms with Crippen LogP contribution in [0.15, 0.2) is 53.4 Å². The fourth-order valence-electron chi connectivity index (χ4n) is 2.49. The quantitative estimate of drug-likeness (QED) is 0.531. The highest BCUT2D eigenvalue weighted by atomic mass is 32.2. The lowest BCUT2D eigenvalue weighted by Gasteiger charge is -2.19. The summed E-state index contributed by atoms with van der Waals surface area (Å²) < 4.78 is 5.73. The van der Waals surface area contributed by atoms with Gasteiger partial charge in [0.2, 0.25) is 0 Å². The molecule has 0 aromatic heterocycles. The predicted molar refractivity (Wildman–Crippen MR) is 110 cm³/mol. The van der Waals surface area contributed by atoms with E-state index in [0.717, 1.165) is 16.2 Å². The van der Waals surface area contributed by atoms with Crippen molar-refractivity contribution in [1.29, 1.82) is 0 Å². The Morgan fingerprint density at radius 2 is 1.73 bits per heavy atom. The minimum absolute atomic E-state index is 0.0552. The maximum atomic E-state index is 12.4. The maximum absolute atomic E-state index is 12.4. The molecule has 0 unspecified atom stereocenters. The summed E-state index contributed by atoms with van der Waals surface area (Å²) in [5.41, 5.74) is 2.13. The van der Waals surface area contributed by atoms with E-state index in [1.165, 1.54) is 5.56 Å². The zero-order chi connectivity index (χ0) is 19.2. The number of ether oxygens (including phenoxy) is 1. The zero-order valence-electron chi connectivity index (χ0n) is 16.3. The van der Waals surface area contributed by atoms with Gasteiger partial charge >= 0.3 is 0 Å². The van der Waals surface area contributed by atoms with Gasteiger partial charge in [-0.3, -0.25) is 4.79 Å². The average molecular weight is 372 g/mol. The van der Waals surface area contributed by atoms with Crippen LogP contribution >= 0.6 is 11.8 Å². The van der Waals surface area contributed by atoms with E-state index in [4.69, 9.17) is 4.74 Å². The first-order valence-electron chi connectivity index (χ1n) is 9.04. The highest BCUT2D eigenvalue weighted by molar-refractivity contribution is 8.00. The third kappa shape index (κ3) is 6.10. The third-order valence-electron chi connectivity index (χ3n) is 3.87. The Bertz CT molecular complexity index is 718. The van der Waals surface area contributed by atoms with Crippen molar-refractivity contribution >= 4 is 17.7 Å². The Morgan fingerprint density at radius 3 is 2.35 bits per heavy atom. The molecule has 0 saturated heterocycles. The van der Waals surface area contributed by atoms with Crippen molar-refractivity contribution in [2.45, 2.75) is 50.2 Å². The fourth-order valence-corrected chi connectivity index (χ4v) is 3.44. The summed E-state index contributed by atoms with van der Waals surface area (Å²) in [6.07, 6.45) is 0. The predicted octanol–water partition coefficient (Wildman–Crippen LogP) is 5.29. The molecular weight excluding hydrogens is 342 g/mol. The Balaban J connectivity index is 1.84. The van der Waals surface area contributed by atoms with Crippen LogP contribution < -0.4 is 10.1 Å². The zero-order valence-corrected chi connectivity index (χ0v) is 17.2. The molecule has 0 aliphatic heterocycles. The first-order valence-corrected chi connectivity index (χ1v) is 9.92. The standard InChI is InChI=1S/C22H29NO2S/c1-16(2)26-20-9-7-6-8-19(20)21(24)23-14-15-25-18-12-10-17(11-13-18)22(3,4)5/h6-13,16H,14-15H2,1-5H3,(H,23,24). The topological polar surface area (TPSA) is 38.3 Å². The normalized spacial score (nSPS) is 11.5. The van der Waals surface area contributed by atoms with Crippen LogP contribution in [-0.2, 0) is 5.41 Å². The second-order valence-electron chi connectivity index (χ2n) is 7.54. The van der Waals surface area contributed by atoms with Gasteiger partial charge < -0.3 is 10.1 Å². The number of hydrogen-bond donors (Lipinski definition) is 1. The summed E-state index contributed by atoms with van der Waals surface area (Å²) in [4.78, 5) is 13.4. The molecule has 2 aromatic rings. The van der Waals surface area contributed by atoms with Gasteiger partial charge in [0.1, 0.15) is 12.4 Å². The van der Waals surface area contributed by atoms with Crippen LogP contribution in [0.25, 0.3) is 0 Å². The van der Waals surface area contributed by atoms with Crippen LogP contribution in [-0.4, -0.2) is 24.3 Å². The van der Waals surface area contributed by atoms with Crippen LogP contribution in [0, 0.1) is 0 Å². The number of benzene rings is 2. The van der Waals surface area contributed by atoms with E-state index in [9.17, 15) is 4.79 Å². The van der Waals surface area contributed by atoms with Gasteiger partial charge in [0.25, 0.3) is 5.91 Å². The van der Waals surface area contributed by atoms with E-state index in [1.807, 2.05) is 36.4 Å². The molecule has 3 nitrogen and oxygen atoms in total. The number of amides is 1. The van der Waals surface area contributed by atoms with Crippen LogP contribution in [0.3, 0.4) is 0 Å². The number of carbonyl (C=O) groups is 1. The largest absolute Gasteiger partial charge is 0.492 e. The summed E-state index contributed by atoms with van der Waals surface area (Å²) in [5, 5.41) is 3.37. The summed E-state index contributed by atoms with van der Waals surface area (Å²) in [6, 6.07) is 15.9. The molecule has 1 amide bonds. The second-order valence-corrected chi connectivity index (χ2v) is 9.16. The van der Waals surface area contributed by atoms with Gasteiger partial charge in [-0.1, -0.05) is 58.9 Å². The van der Waals surface area contributed by atoms with Crippen molar-refractivity contribution in [2.24, 2.45) is 0 Å². The molecule has 26 heavy (non-hydrogen) atoms. The monoisotopic (exact) mass is 371 g/mol. The summed E-state index contributed by atoms with van der Waals surface area (Å²) >= 11 is 1.70.